The van der Waals surface area contributed by atoms with Crippen molar-refractivity contribution in [2.45, 2.75) is 19.6 Å². The predicted molar refractivity (Wildman–Crippen MR) is 101 cm³/mol. The van der Waals surface area contributed by atoms with E-state index in [0.29, 0.717) is 5.69 Å². The topological polar surface area (TPSA) is 73.1 Å². The maximum Gasteiger partial charge on any atom is 0.418 e. The van der Waals surface area contributed by atoms with Crippen LogP contribution >= 0.6 is 0 Å². The van der Waals surface area contributed by atoms with Gasteiger partial charge in [0.2, 0.25) is 5.91 Å². The Morgan fingerprint density at radius 2 is 1.62 bits per heavy atom. The number of anilines is 1. The fourth-order valence-corrected chi connectivity index (χ4v) is 2.84. The first-order valence-corrected chi connectivity index (χ1v) is 8.52. The smallest absolute Gasteiger partial charge is 0.324 e. The SMILES string of the molecule is Cc1ccccc1-n1ccn(CC(=O)Nc2ccccc2C(F)(F)F)c(=O)c1=O. The van der Waals surface area contributed by atoms with Gasteiger partial charge in [0.05, 0.1) is 16.9 Å². The van der Waals surface area contributed by atoms with Crippen molar-refractivity contribution in [1.29, 1.82) is 0 Å². The standard InChI is InChI=1S/C20H16F3N3O3/c1-13-6-2-5-9-16(13)26-11-10-25(18(28)19(26)29)12-17(27)24-15-8-4-3-7-14(15)20(21,22)23/h2-11H,12H2,1H3,(H,24,27). The second-order valence-corrected chi connectivity index (χ2v) is 6.28. The van der Waals surface area contributed by atoms with E-state index < -0.39 is 41.0 Å². The average Bonchev–Trinajstić information content (AvgIpc) is 2.66. The van der Waals surface area contributed by atoms with E-state index in [2.05, 4.69) is 5.32 Å². The first kappa shape index (κ1) is 20.1. The lowest BCUT2D eigenvalue weighted by Gasteiger charge is -2.14. The van der Waals surface area contributed by atoms with Gasteiger partial charge < -0.3 is 5.32 Å². The molecule has 6 nitrogen and oxygen atoms in total. The van der Waals surface area contributed by atoms with Crippen LogP contribution in [0.3, 0.4) is 0 Å². The molecule has 0 aliphatic heterocycles. The van der Waals surface area contributed by atoms with E-state index in [1.807, 2.05) is 0 Å². The molecule has 2 aromatic carbocycles. The molecular weight excluding hydrogens is 387 g/mol. The maximum atomic E-state index is 13.0. The summed E-state index contributed by atoms with van der Waals surface area (Å²) in [6.07, 6.45) is -2.07. The molecule has 0 unspecified atom stereocenters. The maximum absolute atomic E-state index is 13.0. The van der Waals surface area contributed by atoms with E-state index >= 15 is 0 Å². The number of aryl methyl sites for hydroxylation is 1. The van der Waals surface area contributed by atoms with Gasteiger partial charge in [-0.25, -0.2) is 0 Å². The van der Waals surface area contributed by atoms with Crippen LogP contribution in [0, 0.1) is 6.92 Å². The molecule has 0 spiro atoms. The molecule has 1 heterocycles. The van der Waals surface area contributed by atoms with Crippen LogP contribution in [-0.2, 0) is 17.5 Å². The van der Waals surface area contributed by atoms with E-state index in [1.165, 1.54) is 24.5 Å². The third-order valence-electron chi connectivity index (χ3n) is 4.25. The Balaban J connectivity index is 1.86. The van der Waals surface area contributed by atoms with E-state index in [9.17, 15) is 27.6 Å². The number of hydrogen-bond acceptors (Lipinski definition) is 3. The second-order valence-electron chi connectivity index (χ2n) is 6.28. The summed E-state index contributed by atoms with van der Waals surface area (Å²) in [6, 6.07) is 11.4. The number of nitrogens with zero attached hydrogens (tertiary/aromatic N) is 2. The number of alkyl halides is 3. The van der Waals surface area contributed by atoms with Crippen LogP contribution in [0.4, 0.5) is 18.9 Å². The number of hydrogen-bond donors (Lipinski definition) is 1. The molecule has 3 rings (SSSR count). The Morgan fingerprint density at radius 3 is 2.31 bits per heavy atom. The van der Waals surface area contributed by atoms with Gasteiger partial charge >= 0.3 is 17.3 Å². The summed E-state index contributed by atoms with van der Waals surface area (Å²) in [5.74, 6) is -0.864. The molecule has 0 saturated heterocycles. The van der Waals surface area contributed by atoms with Gasteiger partial charge in [0.1, 0.15) is 6.54 Å². The molecule has 0 bridgehead atoms. The molecule has 1 N–H and O–H groups in total. The van der Waals surface area contributed by atoms with Gasteiger partial charge in [-0.3, -0.25) is 23.5 Å². The quantitative estimate of drug-likeness (QED) is 0.681. The average molecular weight is 403 g/mol. The fraction of sp³-hybridized carbons (Fsp3) is 0.150. The molecule has 9 heteroatoms. The Labute approximate surface area is 162 Å². The molecule has 29 heavy (non-hydrogen) atoms. The highest BCUT2D eigenvalue weighted by Gasteiger charge is 2.33. The third-order valence-corrected chi connectivity index (χ3v) is 4.25. The number of aromatic nitrogens is 2. The van der Waals surface area contributed by atoms with Crippen molar-refractivity contribution < 1.29 is 18.0 Å². The highest BCUT2D eigenvalue weighted by Crippen LogP contribution is 2.34. The van der Waals surface area contributed by atoms with E-state index in [0.717, 1.165) is 26.8 Å². The monoisotopic (exact) mass is 403 g/mol. The lowest BCUT2D eigenvalue weighted by Crippen LogP contribution is -2.41. The van der Waals surface area contributed by atoms with Crippen molar-refractivity contribution in [1.82, 2.24) is 9.13 Å². The third kappa shape index (κ3) is 4.29. The van der Waals surface area contributed by atoms with Crippen LogP contribution in [0.1, 0.15) is 11.1 Å². The highest BCUT2D eigenvalue weighted by atomic mass is 19.4. The zero-order valence-corrected chi connectivity index (χ0v) is 15.2. The van der Waals surface area contributed by atoms with E-state index in [1.54, 1.807) is 31.2 Å². The van der Waals surface area contributed by atoms with Crippen molar-refractivity contribution in [3.8, 4) is 5.69 Å². The van der Waals surface area contributed by atoms with E-state index in [4.69, 9.17) is 0 Å². The van der Waals surface area contributed by atoms with Gasteiger partial charge in [0, 0.05) is 12.4 Å². The van der Waals surface area contributed by atoms with Crippen molar-refractivity contribution in [2.75, 3.05) is 5.32 Å². The summed E-state index contributed by atoms with van der Waals surface area (Å²) in [4.78, 5) is 37.0. The normalized spacial score (nSPS) is 11.3. The molecule has 150 valence electrons. The van der Waals surface area contributed by atoms with Gasteiger partial charge in [-0.1, -0.05) is 30.3 Å². The zero-order chi connectivity index (χ0) is 21.2. The molecule has 1 aromatic heterocycles. The number of carbonyl (C=O) groups excluding carboxylic acids is 1. The Bertz CT molecular complexity index is 1180. The first-order chi connectivity index (χ1) is 13.7. The summed E-state index contributed by atoms with van der Waals surface area (Å²) < 4.78 is 41.1. The van der Waals surface area contributed by atoms with Crippen LogP contribution < -0.4 is 16.4 Å². The number of para-hydroxylation sites is 2. The summed E-state index contributed by atoms with van der Waals surface area (Å²) in [7, 11) is 0. The summed E-state index contributed by atoms with van der Waals surface area (Å²) >= 11 is 0. The highest BCUT2D eigenvalue weighted by molar-refractivity contribution is 5.91. The van der Waals surface area contributed by atoms with Crippen LogP contribution in [0.5, 0.6) is 0 Å². The van der Waals surface area contributed by atoms with Gasteiger partial charge in [0.15, 0.2) is 0 Å². The Kier molecular flexibility index (Phi) is 5.40. The van der Waals surface area contributed by atoms with Crippen LogP contribution in [0.25, 0.3) is 5.69 Å². The zero-order valence-electron chi connectivity index (χ0n) is 15.2. The molecule has 0 saturated carbocycles. The van der Waals surface area contributed by atoms with Gasteiger partial charge in [-0.15, -0.1) is 0 Å². The van der Waals surface area contributed by atoms with Crippen molar-refractivity contribution in [2.24, 2.45) is 0 Å². The second kappa shape index (κ2) is 7.78. The van der Waals surface area contributed by atoms with Crippen molar-refractivity contribution >= 4 is 11.6 Å². The summed E-state index contributed by atoms with van der Waals surface area (Å²) in [6.45, 7) is 1.17. The van der Waals surface area contributed by atoms with E-state index in [-0.39, 0.29) is 0 Å². The number of benzene rings is 2. The molecule has 1 amide bonds. The predicted octanol–water partition coefficient (Wildman–Crippen LogP) is 2.97. The number of rotatable bonds is 4. The molecule has 0 radical (unpaired) electrons. The lowest BCUT2D eigenvalue weighted by atomic mass is 10.1. The van der Waals surface area contributed by atoms with Crippen LogP contribution in [0.15, 0.2) is 70.5 Å². The van der Waals surface area contributed by atoms with Gasteiger partial charge in [-0.05, 0) is 30.7 Å². The Morgan fingerprint density at radius 1 is 0.966 bits per heavy atom. The van der Waals surface area contributed by atoms with Gasteiger partial charge in [0.25, 0.3) is 0 Å². The molecule has 3 aromatic rings. The minimum Gasteiger partial charge on any atom is -0.324 e. The minimum absolute atomic E-state index is 0.425. The molecule has 0 atom stereocenters. The molecule has 0 fully saturated rings. The van der Waals surface area contributed by atoms with Crippen molar-refractivity contribution in [3.63, 3.8) is 0 Å². The largest absolute Gasteiger partial charge is 0.418 e. The van der Waals surface area contributed by atoms with Gasteiger partial charge in [-0.2, -0.15) is 13.2 Å². The lowest BCUT2D eigenvalue weighted by molar-refractivity contribution is -0.137. The summed E-state index contributed by atoms with van der Waals surface area (Å²) in [5, 5.41) is 2.14. The number of nitrogens with one attached hydrogen (secondary N) is 1. The number of halogens is 3. The fourth-order valence-electron chi connectivity index (χ4n) is 2.84. The first-order valence-electron chi connectivity index (χ1n) is 8.52. The number of amides is 1. The Hall–Kier alpha value is -3.62. The minimum atomic E-state index is -4.64. The van der Waals surface area contributed by atoms with Crippen molar-refractivity contribution in [3.05, 3.63) is 92.8 Å². The number of carbonyl (C=O) groups is 1. The molecule has 0 aliphatic rings. The summed E-state index contributed by atoms with van der Waals surface area (Å²) in [5.41, 5.74) is -1.97. The van der Waals surface area contributed by atoms with Crippen LogP contribution in [0.2, 0.25) is 0 Å². The van der Waals surface area contributed by atoms with Crippen LogP contribution in [-0.4, -0.2) is 15.0 Å². The molecule has 0 aliphatic carbocycles. The molecular formula is C20H16F3N3O3.